The molecule has 9 heteroatoms. The fourth-order valence-electron chi connectivity index (χ4n) is 9.37. The summed E-state index contributed by atoms with van der Waals surface area (Å²) in [5.74, 6) is 1.79. The van der Waals surface area contributed by atoms with Gasteiger partial charge in [0.2, 0.25) is 11.8 Å². The number of benzene rings is 4. The van der Waals surface area contributed by atoms with Crippen molar-refractivity contribution in [3.05, 3.63) is 113 Å². The zero-order chi connectivity index (χ0) is 39.0. The molecule has 4 aromatic rings. The minimum absolute atomic E-state index is 0.182. The quantitative estimate of drug-likeness (QED) is 0.163. The molecule has 5 aliphatic rings. The van der Waals surface area contributed by atoms with Gasteiger partial charge in [0.15, 0.2) is 6.29 Å². The van der Waals surface area contributed by atoms with Gasteiger partial charge in [-0.25, -0.2) is 0 Å². The summed E-state index contributed by atoms with van der Waals surface area (Å²) in [4.78, 5) is 42.9. The maximum Gasteiger partial charge on any atom is 0.227 e. The Kier molecular flexibility index (Phi) is 12.7. The number of carbonyl (C=O) groups excluding carboxylic acids is 3. The summed E-state index contributed by atoms with van der Waals surface area (Å²) < 4.78 is 11.4. The van der Waals surface area contributed by atoms with Crippen LogP contribution in [0.25, 0.3) is 11.1 Å². The molecule has 5 heterocycles. The number of carbonyl (C=O) groups is 3. The lowest BCUT2D eigenvalue weighted by atomic mass is 9.91. The minimum atomic E-state index is -0.264. The van der Waals surface area contributed by atoms with Gasteiger partial charge in [-0.3, -0.25) is 14.4 Å². The van der Waals surface area contributed by atoms with E-state index in [1.165, 1.54) is 35.2 Å². The standard InChI is InChI=1S/C29H30N2O2.C19H26N2O3/c32-21-25-7-4-8-28-27(25)13-14-29(33)31(28)20-17-22-15-18-30(19-16-22)26-11-9-24(10-12-26)23-5-2-1-3-6-23;22-18-5-4-15-16(19-23-12-13-24-19)2-1-3-17(15)21(18)11-8-14-6-9-20-10-7-14/h1-12,21-22H,13-20H2;1-3,14,19-20H,4-13H2. The number of anilines is 3. The van der Waals surface area contributed by atoms with Crippen molar-refractivity contribution in [1.82, 2.24) is 5.32 Å². The van der Waals surface area contributed by atoms with Gasteiger partial charge in [0.25, 0.3) is 0 Å². The smallest absolute Gasteiger partial charge is 0.227 e. The van der Waals surface area contributed by atoms with E-state index >= 15 is 0 Å². The van der Waals surface area contributed by atoms with Crippen LogP contribution < -0.4 is 20.0 Å². The van der Waals surface area contributed by atoms with Crippen LogP contribution in [0, 0.1) is 11.8 Å². The predicted molar refractivity (Wildman–Crippen MR) is 226 cm³/mol. The molecule has 57 heavy (non-hydrogen) atoms. The van der Waals surface area contributed by atoms with Gasteiger partial charge in [-0.2, -0.15) is 0 Å². The number of nitrogens with one attached hydrogen (secondary N) is 1. The highest BCUT2D eigenvalue weighted by Crippen LogP contribution is 2.37. The monoisotopic (exact) mass is 768 g/mol. The summed E-state index contributed by atoms with van der Waals surface area (Å²) >= 11 is 0. The van der Waals surface area contributed by atoms with Crippen LogP contribution >= 0.6 is 0 Å². The van der Waals surface area contributed by atoms with Crippen molar-refractivity contribution in [3.63, 3.8) is 0 Å². The summed E-state index contributed by atoms with van der Waals surface area (Å²) in [5, 5.41) is 3.41. The van der Waals surface area contributed by atoms with Crippen LogP contribution in [0.3, 0.4) is 0 Å². The van der Waals surface area contributed by atoms with Crippen LogP contribution in [0.5, 0.6) is 0 Å². The molecule has 1 N–H and O–H groups in total. The number of amides is 2. The van der Waals surface area contributed by atoms with E-state index in [1.807, 2.05) is 40.1 Å². The SMILES string of the molecule is O=C1CCc2c(C3OCCO3)cccc2N1CCC1CCNCC1.O=Cc1cccc2c1CCC(=O)N2CCC1CCN(c2ccc(-c3ccccc3)cc2)CC1. The number of rotatable bonds is 10. The molecule has 0 aromatic heterocycles. The summed E-state index contributed by atoms with van der Waals surface area (Å²) in [7, 11) is 0. The number of nitrogens with zero attached hydrogens (tertiary/aromatic N) is 3. The van der Waals surface area contributed by atoms with E-state index in [4.69, 9.17) is 9.47 Å². The Hall–Kier alpha value is -4.83. The van der Waals surface area contributed by atoms with Crippen molar-refractivity contribution in [2.45, 2.75) is 70.5 Å². The minimum Gasteiger partial charge on any atom is -0.372 e. The van der Waals surface area contributed by atoms with Crippen molar-refractivity contribution in [3.8, 4) is 11.1 Å². The molecule has 4 aromatic carbocycles. The van der Waals surface area contributed by atoms with Crippen molar-refractivity contribution in [1.29, 1.82) is 0 Å². The second-order valence-electron chi connectivity index (χ2n) is 16.1. The molecule has 3 saturated heterocycles. The third-order valence-corrected chi connectivity index (χ3v) is 12.7. The van der Waals surface area contributed by atoms with Gasteiger partial charge in [-0.15, -0.1) is 0 Å². The summed E-state index contributed by atoms with van der Waals surface area (Å²) in [6, 6.07) is 31.3. The molecule has 2 amide bonds. The number of fused-ring (bicyclic) bond motifs is 2. The average Bonchev–Trinajstić information content (AvgIpc) is 3.82. The topological polar surface area (TPSA) is 91.4 Å². The highest BCUT2D eigenvalue weighted by molar-refractivity contribution is 5.98. The first-order valence-corrected chi connectivity index (χ1v) is 21.2. The van der Waals surface area contributed by atoms with Crippen LogP contribution in [0.15, 0.2) is 91.0 Å². The molecular formula is C48H56N4O5. The van der Waals surface area contributed by atoms with Crippen LogP contribution in [-0.4, -0.2) is 70.6 Å². The first-order chi connectivity index (χ1) is 28.1. The highest BCUT2D eigenvalue weighted by Gasteiger charge is 2.31. The van der Waals surface area contributed by atoms with E-state index in [1.54, 1.807) is 0 Å². The third-order valence-electron chi connectivity index (χ3n) is 12.7. The zero-order valence-corrected chi connectivity index (χ0v) is 33.1. The normalized spacial score (nSPS) is 19.2. The van der Waals surface area contributed by atoms with Crippen molar-refractivity contribution in [2.75, 3.05) is 67.2 Å². The van der Waals surface area contributed by atoms with Gasteiger partial charge < -0.3 is 29.5 Å². The molecule has 298 valence electrons. The zero-order valence-electron chi connectivity index (χ0n) is 33.1. The van der Waals surface area contributed by atoms with E-state index in [2.05, 4.69) is 70.9 Å². The van der Waals surface area contributed by atoms with Gasteiger partial charge in [-0.05, 0) is 123 Å². The first-order valence-electron chi connectivity index (χ1n) is 21.2. The molecule has 3 fully saturated rings. The molecule has 0 saturated carbocycles. The van der Waals surface area contributed by atoms with Gasteiger partial charge in [-0.1, -0.05) is 66.7 Å². The third kappa shape index (κ3) is 9.17. The van der Waals surface area contributed by atoms with Gasteiger partial charge in [0.1, 0.15) is 6.29 Å². The van der Waals surface area contributed by atoms with Crippen LogP contribution in [0.1, 0.15) is 84.7 Å². The fraction of sp³-hybridized carbons (Fsp3) is 0.438. The Morgan fingerprint density at radius 2 is 1.19 bits per heavy atom. The van der Waals surface area contributed by atoms with Crippen molar-refractivity contribution < 1.29 is 23.9 Å². The molecule has 5 aliphatic heterocycles. The van der Waals surface area contributed by atoms with Gasteiger partial charge >= 0.3 is 0 Å². The number of hydrogen-bond acceptors (Lipinski definition) is 7. The second kappa shape index (κ2) is 18.6. The molecule has 9 rings (SSSR count). The van der Waals surface area contributed by atoms with Crippen LogP contribution in [0.4, 0.5) is 17.1 Å². The Balaban J connectivity index is 0.000000168. The Bertz CT molecular complexity index is 1980. The lowest BCUT2D eigenvalue weighted by Gasteiger charge is -2.36. The Morgan fingerprint density at radius 1 is 0.614 bits per heavy atom. The van der Waals surface area contributed by atoms with E-state index in [9.17, 15) is 14.4 Å². The number of hydrogen-bond donors (Lipinski definition) is 1. The molecule has 0 radical (unpaired) electrons. The molecule has 9 nitrogen and oxygen atoms in total. The predicted octanol–water partition coefficient (Wildman–Crippen LogP) is 8.15. The molecule has 0 aliphatic carbocycles. The Labute approximate surface area is 337 Å². The van der Waals surface area contributed by atoms with E-state index < -0.39 is 0 Å². The molecule has 0 bridgehead atoms. The van der Waals surface area contributed by atoms with Gasteiger partial charge in [0.05, 0.1) is 13.2 Å². The summed E-state index contributed by atoms with van der Waals surface area (Å²) in [6.45, 7) is 7.17. The van der Waals surface area contributed by atoms with Crippen molar-refractivity contribution >= 4 is 35.2 Å². The summed E-state index contributed by atoms with van der Waals surface area (Å²) in [5.41, 5.74) is 9.87. The number of piperidine rings is 2. The average molecular weight is 769 g/mol. The number of ether oxygens (including phenoxy) is 2. The molecule has 0 spiro atoms. The maximum absolute atomic E-state index is 12.6. The Morgan fingerprint density at radius 3 is 1.84 bits per heavy atom. The second-order valence-corrected chi connectivity index (χ2v) is 16.1. The largest absolute Gasteiger partial charge is 0.372 e. The lowest BCUT2D eigenvalue weighted by Crippen LogP contribution is -2.39. The fourth-order valence-corrected chi connectivity index (χ4v) is 9.37. The molecule has 0 atom stereocenters. The van der Waals surface area contributed by atoms with E-state index in [-0.39, 0.29) is 18.1 Å². The maximum atomic E-state index is 12.6. The first kappa shape index (κ1) is 39.0. The lowest BCUT2D eigenvalue weighted by molar-refractivity contribution is -0.119. The molecule has 0 unspecified atom stereocenters. The van der Waals surface area contributed by atoms with E-state index in [0.717, 1.165) is 112 Å². The number of aldehydes is 1. The summed E-state index contributed by atoms with van der Waals surface area (Å²) in [6.07, 6.45) is 10.0. The van der Waals surface area contributed by atoms with Gasteiger partial charge in [0, 0.05) is 67.2 Å². The molecular weight excluding hydrogens is 713 g/mol. The van der Waals surface area contributed by atoms with E-state index in [0.29, 0.717) is 38.4 Å². The van der Waals surface area contributed by atoms with Crippen molar-refractivity contribution in [2.24, 2.45) is 11.8 Å². The van der Waals surface area contributed by atoms with Crippen LogP contribution in [-0.2, 0) is 31.9 Å². The highest BCUT2D eigenvalue weighted by atomic mass is 16.7. The van der Waals surface area contributed by atoms with Crippen LogP contribution in [0.2, 0.25) is 0 Å².